The SMILES string of the molecule is CCOCCN(C)S(=O)(=O)N1CCC(CNC(C)C)CC1. The summed E-state index contributed by atoms with van der Waals surface area (Å²) in [6.45, 7) is 9.85. The van der Waals surface area contributed by atoms with E-state index in [4.69, 9.17) is 4.74 Å². The van der Waals surface area contributed by atoms with Gasteiger partial charge < -0.3 is 10.1 Å². The van der Waals surface area contributed by atoms with Crippen LogP contribution < -0.4 is 5.32 Å². The monoisotopic (exact) mass is 321 g/mol. The molecule has 0 radical (unpaired) electrons. The van der Waals surface area contributed by atoms with E-state index in [-0.39, 0.29) is 0 Å². The molecule has 0 aromatic heterocycles. The van der Waals surface area contributed by atoms with E-state index in [1.54, 1.807) is 11.4 Å². The first-order valence-corrected chi connectivity index (χ1v) is 9.30. The van der Waals surface area contributed by atoms with E-state index in [0.717, 1.165) is 19.4 Å². The van der Waals surface area contributed by atoms with Crippen LogP contribution in [-0.4, -0.2) is 69.5 Å². The van der Waals surface area contributed by atoms with Gasteiger partial charge in [0.1, 0.15) is 0 Å². The summed E-state index contributed by atoms with van der Waals surface area (Å²) in [5.41, 5.74) is 0. The Labute approximate surface area is 130 Å². The molecule has 0 aromatic carbocycles. The van der Waals surface area contributed by atoms with Gasteiger partial charge in [0, 0.05) is 39.3 Å². The minimum atomic E-state index is -3.33. The van der Waals surface area contributed by atoms with Crippen LogP contribution in [0.25, 0.3) is 0 Å². The normalized spacial score (nSPS) is 18.8. The van der Waals surface area contributed by atoms with E-state index in [1.165, 1.54) is 4.31 Å². The highest BCUT2D eigenvalue weighted by molar-refractivity contribution is 7.86. The zero-order valence-corrected chi connectivity index (χ0v) is 14.7. The van der Waals surface area contributed by atoms with Crippen LogP contribution in [-0.2, 0) is 14.9 Å². The standard InChI is InChI=1S/C14H31N3O3S/c1-5-20-11-10-16(4)21(18,19)17-8-6-14(7-9-17)12-15-13(2)3/h13-15H,5-12H2,1-4H3. The average molecular weight is 321 g/mol. The topological polar surface area (TPSA) is 61.9 Å². The summed E-state index contributed by atoms with van der Waals surface area (Å²) in [6, 6.07) is 0.483. The summed E-state index contributed by atoms with van der Waals surface area (Å²) in [6.07, 6.45) is 1.86. The van der Waals surface area contributed by atoms with Gasteiger partial charge in [0.15, 0.2) is 0 Å². The Morgan fingerprint density at radius 1 is 1.33 bits per heavy atom. The first-order valence-electron chi connectivity index (χ1n) is 7.90. The lowest BCUT2D eigenvalue weighted by molar-refractivity contribution is 0.136. The van der Waals surface area contributed by atoms with Gasteiger partial charge >= 0.3 is 0 Å². The summed E-state index contributed by atoms with van der Waals surface area (Å²) in [5.74, 6) is 0.576. The zero-order chi connectivity index (χ0) is 15.9. The molecule has 1 fully saturated rings. The van der Waals surface area contributed by atoms with E-state index in [2.05, 4.69) is 19.2 Å². The van der Waals surface area contributed by atoms with Gasteiger partial charge in [-0.3, -0.25) is 0 Å². The lowest BCUT2D eigenvalue weighted by Gasteiger charge is -2.34. The predicted octanol–water partition coefficient (Wildman–Crippen LogP) is 0.910. The molecule has 0 saturated carbocycles. The fourth-order valence-corrected chi connectivity index (χ4v) is 3.77. The van der Waals surface area contributed by atoms with Crippen molar-refractivity contribution >= 4 is 10.2 Å². The van der Waals surface area contributed by atoms with Crippen molar-refractivity contribution < 1.29 is 13.2 Å². The summed E-state index contributed by atoms with van der Waals surface area (Å²) < 4.78 is 33.1. The third kappa shape index (κ3) is 6.20. The van der Waals surface area contributed by atoms with Crippen molar-refractivity contribution in [2.24, 2.45) is 5.92 Å². The number of rotatable bonds is 9. The number of hydrogen-bond acceptors (Lipinski definition) is 4. The van der Waals surface area contributed by atoms with Crippen molar-refractivity contribution in [1.82, 2.24) is 13.9 Å². The average Bonchev–Trinajstić information content (AvgIpc) is 2.45. The van der Waals surface area contributed by atoms with Crippen molar-refractivity contribution in [1.29, 1.82) is 0 Å². The number of piperidine rings is 1. The van der Waals surface area contributed by atoms with Crippen molar-refractivity contribution in [3.8, 4) is 0 Å². The minimum absolute atomic E-state index is 0.408. The third-order valence-electron chi connectivity index (χ3n) is 3.86. The van der Waals surface area contributed by atoms with Crippen LogP contribution in [0.4, 0.5) is 0 Å². The molecular formula is C14H31N3O3S. The van der Waals surface area contributed by atoms with Crippen LogP contribution in [0.5, 0.6) is 0 Å². The fourth-order valence-electron chi connectivity index (χ4n) is 2.40. The number of likely N-dealkylation sites (N-methyl/N-ethyl adjacent to an activating group) is 1. The Bertz CT molecular complexity index is 379. The quantitative estimate of drug-likeness (QED) is 0.641. The second kappa shape index (κ2) is 9.05. The number of nitrogens with zero attached hydrogens (tertiary/aromatic N) is 2. The molecule has 1 heterocycles. The fraction of sp³-hybridized carbons (Fsp3) is 1.00. The zero-order valence-electron chi connectivity index (χ0n) is 13.8. The lowest BCUT2D eigenvalue weighted by atomic mass is 9.98. The molecule has 126 valence electrons. The Morgan fingerprint density at radius 3 is 2.48 bits per heavy atom. The maximum absolute atomic E-state index is 12.4. The Morgan fingerprint density at radius 2 is 1.95 bits per heavy atom. The van der Waals surface area contributed by atoms with Crippen molar-refractivity contribution in [2.75, 3.05) is 46.4 Å². The molecule has 1 aliphatic rings. The molecule has 0 aliphatic carbocycles. The van der Waals surface area contributed by atoms with Crippen LogP contribution in [0, 0.1) is 5.92 Å². The summed E-state index contributed by atoms with van der Waals surface area (Å²) in [5, 5.41) is 3.43. The van der Waals surface area contributed by atoms with Crippen LogP contribution in [0.1, 0.15) is 33.6 Å². The van der Waals surface area contributed by atoms with E-state index < -0.39 is 10.2 Å². The molecule has 0 aromatic rings. The second-order valence-corrected chi connectivity index (χ2v) is 7.97. The van der Waals surface area contributed by atoms with Gasteiger partial charge in [-0.2, -0.15) is 17.0 Å². The number of nitrogens with one attached hydrogen (secondary N) is 1. The van der Waals surface area contributed by atoms with Gasteiger partial charge in [-0.15, -0.1) is 0 Å². The predicted molar refractivity (Wildman–Crippen MR) is 85.5 cm³/mol. The second-order valence-electron chi connectivity index (χ2n) is 5.93. The van der Waals surface area contributed by atoms with Gasteiger partial charge in [-0.05, 0) is 32.2 Å². The Kier molecular flexibility index (Phi) is 8.12. The Hall–Kier alpha value is -0.210. The summed E-state index contributed by atoms with van der Waals surface area (Å²) >= 11 is 0. The molecule has 7 heteroatoms. The molecule has 0 spiro atoms. The van der Waals surface area contributed by atoms with Crippen LogP contribution in [0.3, 0.4) is 0 Å². The van der Waals surface area contributed by atoms with Gasteiger partial charge in [0.2, 0.25) is 0 Å². The van der Waals surface area contributed by atoms with Crippen molar-refractivity contribution in [2.45, 2.75) is 39.7 Å². The van der Waals surface area contributed by atoms with Crippen molar-refractivity contribution in [3.05, 3.63) is 0 Å². The van der Waals surface area contributed by atoms with E-state index in [1.807, 2.05) is 6.92 Å². The molecule has 1 saturated heterocycles. The minimum Gasteiger partial charge on any atom is -0.380 e. The maximum atomic E-state index is 12.4. The molecule has 1 rings (SSSR count). The highest BCUT2D eigenvalue weighted by Crippen LogP contribution is 2.20. The molecule has 1 N–H and O–H groups in total. The molecule has 21 heavy (non-hydrogen) atoms. The van der Waals surface area contributed by atoms with E-state index >= 15 is 0 Å². The Balaban J connectivity index is 2.40. The molecule has 6 nitrogen and oxygen atoms in total. The summed E-state index contributed by atoms with van der Waals surface area (Å²) in [7, 11) is -1.71. The third-order valence-corrected chi connectivity index (χ3v) is 5.85. The van der Waals surface area contributed by atoms with Gasteiger partial charge in [0.25, 0.3) is 10.2 Å². The molecule has 0 bridgehead atoms. The first-order chi connectivity index (χ1) is 9.87. The summed E-state index contributed by atoms with van der Waals surface area (Å²) in [4.78, 5) is 0. The highest BCUT2D eigenvalue weighted by Gasteiger charge is 2.30. The van der Waals surface area contributed by atoms with Gasteiger partial charge in [-0.1, -0.05) is 13.8 Å². The molecule has 0 amide bonds. The van der Waals surface area contributed by atoms with Crippen molar-refractivity contribution in [3.63, 3.8) is 0 Å². The smallest absolute Gasteiger partial charge is 0.281 e. The molecular weight excluding hydrogens is 290 g/mol. The molecule has 0 atom stereocenters. The van der Waals surface area contributed by atoms with E-state index in [0.29, 0.717) is 44.8 Å². The lowest BCUT2D eigenvalue weighted by Crippen LogP contribution is -2.47. The van der Waals surface area contributed by atoms with E-state index in [9.17, 15) is 8.42 Å². The number of hydrogen-bond donors (Lipinski definition) is 1. The molecule has 0 unspecified atom stereocenters. The number of ether oxygens (including phenoxy) is 1. The van der Waals surface area contributed by atoms with Crippen LogP contribution >= 0.6 is 0 Å². The first kappa shape index (κ1) is 18.8. The van der Waals surface area contributed by atoms with Gasteiger partial charge in [-0.25, -0.2) is 0 Å². The van der Waals surface area contributed by atoms with Gasteiger partial charge in [0.05, 0.1) is 6.61 Å². The highest BCUT2D eigenvalue weighted by atomic mass is 32.2. The molecule has 1 aliphatic heterocycles. The largest absolute Gasteiger partial charge is 0.380 e. The van der Waals surface area contributed by atoms with Crippen LogP contribution in [0.15, 0.2) is 0 Å². The maximum Gasteiger partial charge on any atom is 0.281 e. The van der Waals surface area contributed by atoms with Crippen LogP contribution in [0.2, 0.25) is 0 Å².